The van der Waals surface area contributed by atoms with E-state index in [9.17, 15) is 9.59 Å². The lowest BCUT2D eigenvalue weighted by Crippen LogP contribution is -2.41. The molecule has 0 spiro atoms. The summed E-state index contributed by atoms with van der Waals surface area (Å²) in [6.45, 7) is 7.47. The zero-order valence-electron chi connectivity index (χ0n) is 17.6. The van der Waals surface area contributed by atoms with Gasteiger partial charge in [-0.05, 0) is 69.3 Å². The molecule has 1 fully saturated rings. The van der Waals surface area contributed by atoms with Gasteiger partial charge in [0.1, 0.15) is 5.82 Å². The van der Waals surface area contributed by atoms with Gasteiger partial charge in [0, 0.05) is 25.5 Å². The van der Waals surface area contributed by atoms with Gasteiger partial charge in [-0.15, -0.1) is 0 Å². The molecule has 158 valence electrons. The van der Waals surface area contributed by atoms with E-state index in [0.717, 1.165) is 67.5 Å². The highest BCUT2D eigenvalue weighted by Crippen LogP contribution is 2.22. The Hall–Kier alpha value is -2.93. The van der Waals surface area contributed by atoms with Gasteiger partial charge in [0.2, 0.25) is 5.91 Å². The topological polar surface area (TPSA) is 97.0 Å². The number of benzene rings is 1. The van der Waals surface area contributed by atoms with Gasteiger partial charge in [0.25, 0.3) is 5.56 Å². The van der Waals surface area contributed by atoms with Crippen molar-refractivity contribution in [3.8, 4) is 11.4 Å². The number of aromatic amines is 1. The zero-order chi connectivity index (χ0) is 21.3. The first kappa shape index (κ1) is 20.3. The van der Waals surface area contributed by atoms with E-state index >= 15 is 0 Å². The number of fused-ring (bicyclic) bond motifs is 1. The van der Waals surface area contributed by atoms with E-state index in [1.54, 1.807) is 6.20 Å². The number of aromatic nitrogens is 3. The SMILES string of the molecule is Cc1cc(C)c2[nH]c(=O)c(-c3nccn3CCCN3CCCC(C(N)=O)C3)cc2c1. The Morgan fingerprint density at radius 2 is 2.10 bits per heavy atom. The molecule has 0 radical (unpaired) electrons. The quantitative estimate of drug-likeness (QED) is 0.656. The van der Waals surface area contributed by atoms with Crippen LogP contribution < -0.4 is 11.3 Å². The summed E-state index contributed by atoms with van der Waals surface area (Å²) in [5.74, 6) is 0.453. The summed E-state index contributed by atoms with van der Waals surface area (Å²) in [6, 6.07) is 6.10. The molecule has 1 aliphatic heterocycles. The van der Waals surface area contributed by atoms with Crippen LogP contribution in [0, 0.1) is 19.8 Å². The smallest absolute Gasteiger partial charge is 0.259 e. The molecule has 4 rings (SSSR count). The van der Waals surface area contributed by atoms with E-state index in [4.69, 9.17) is 5.73 Å². The number of nitrogens with one attached hydrogen (secondary N) is 1. The number of hydrogen-bond donors (Lipinski definition) is 2. The highest BCUT2D eigenvalue weighted by atomic mass is 16.1. The predicted molar refractivity (Wildman–Crippen MR) is 118 cm³/mol. The minimum atomic E-state index is -0.197. The zero-order valence-corrected chi connectivity index (χ0v) is 17.6. The third-order valence-electron chi connectivity index (χ3n) is 6.03. The van der Waals surface area contributed by atoms with Gasteiger partial charge in [0.15, 0.2) is 0 Å². The first-order valence-corrected chi connectivity index (χ1v) is 10.6. The lowest BCUT2D eigenvalue weighted by molar-refractivity contribution is -0.123. The number of H-pyrrole nitrogens is 1. The molecule has 1 saturated heterocycles. The normalized spacial score (nSPS) is 17.5. The van der Waals surface area contributed by atoms with E-state index in [0.29, 0.717) is 11.4 Å². The maximum atomic E-state index is 12.8. The fourth-order valence-corrected chi connectivity index (χ4v) is 4.54. The molecule has 30 heavy (non-hydrogen) atoms. The largest absolute Gasteiger partial charge is 0.369 e. The second kappa shape index (κ2) is 8.44. The first-order valence-electron chi connectivity index (χ1n) is 10.6. The Morgan fingerprint density at radius 1 is 1.27 bits per heavy atom. The van der Waals surface area contributed by atoms with Gasteiger partial charge in [0.05, 0.1) is 17.0 Å². The summed E-state index contributed by atoms with van der Waals surface area (Å²) >= 11 is 0. The van der Waals surface area contributed by atoms with Crippen LogP contribution in [-0.2, 0) is 11.3 Å². The second-order valence-electron chi connectivity index (χ2n) is 8.40. The molecule has 7 heteroatoms. The van der Waals surface area contributed by atoms with E-state index < -0.39 is 0 Å². The third kappa shape index (κ3) is 4.16. The Kier molecular flexibility index (Phi) is 5.72. The van der Waals surface area contributed by atoms with Crippen LogP contribution in [-0.4, -0.2) is 45.0 Å². The average molecular weight is 408 g/mol. The summed E-state index contributed by atoms with van der Waals surface area (Å²) in [7, 11) is 0. The van der Waals surface area contributed by atoms with Crippen LogP contribution in [0.4, 0.5) is 0 Å². The number of pyridine rings is 1. The maximum Gasteiger partial charge on any atom is 0.259 e. The molecule has 3 aromatic rings. The number of aryl methyl sites for hydroxylation is 3. The summed E-state index contributed by atoms with van der Waals surface area (Å²) in [4.78, 5) is 34.1. The van der Waals surface area contributed by atoms with Crippen molar-refractivity contribution in [2.45, 2.75) is 39.7 Å². The number of carbonyl (C=O) groups is 1. The minimum Gasteiger partial charge on any atom is -0.369 e. The molecule has 3 heterocycles. The molecular formula is C23H29N5O2. The number of carbonyl (C=O) groups excluding carboxylic acids is 1. The second-order valence-corrected chi connectivity index (χ2v) is 8.40. The Balaban J connectivity index is 1.50. The number of primary amides is 1. The van der Waals surface area contributed by atoms with E-state index in [-0.39, 0.29) is 17.4 Å². The fourth-order valence-electron chi connectivity index (χ4n) is 4.54. The van der Waals surface area contributed by atoms with Crippen LogP contribution in [0.25, 0.3) is 22.3 Å². The number of hydrogen-bond acceptors (Lipinski definition) is 4. The number of likely N-dealkylation sites (tertiary alicyclic amines) is 1. The number of piperidine rings is 1. The van der Waals surface area contributed by atoms with Gasteiger partial charge in [-0.2, -0.15) is 0 Å². The molecule has 3 N–H and O–H groups in total. The van der Waals surface area contributed by atoms with Crippen LogP contribution in [0.1, 0.15) is 30.4 Å². The number of nitrogens with zero attached hydrogens (tertiary/aromatic N) is 3. The molecule has 0 saturated carbocycles. The summed E-state index contributed by atoms with van der Waals surface area (Å²) in [5, 5.41) is 1.02. The molecule has 1 atom stereocenters. The Labute approximate surface area is 175 Å². The average Bonchev–Trinajstić information content (AvgIpc) is 3.16. The van der Waals surface area contributed by atoms with Gasteiger partial charge in [-0.1, -0.05) is 11.6 Å². The number of imidazole rings is 1. The molecule has 1 unspecified atom stereocenters. The highest BCUT2D eigenvalue weighted by Gasteiger charge is 2.23. The van der Waals surface area contributed by atoms with Gasteiger partial charge >= 0.3 is 0 Å². The van der Waals surface area contributed by atoms with Crippen LogP contribution >= 0.6 is 0 Å². The monoisotopic (exact) mass is 407 g/mol. The molecule has 1 aromatic carbocycles. The van der Waals surface area contributed by atoms with Crippen LogP contribution in [0.3, 0.4) is 0 Å². The summed E-state index contributed by atoms with van der Waals surface area (Å²) in [6.07, 6.45) is 6.47. The first-order chi connectivity index (χ1) is 14.4. The predicted octanol–water partition coefficient (Wildman–Crippen LogP) is 2.60. The van der Waals surface area contributed by atoms with Crippen LogP contribution in [0.5, 0.6) is 0 Å². The van der Waals surface area contributed by atoms with Crippen LogP contribution in [0.15, 0.2) is 35.4 Å². The maximum absolute atomic E-state index is 12.8. The summed E-state index contributed by atoms with van der Waals surface area (Å²) < 4.78 is 2.04. The van der Waals surface area contributed by atoms with E-state index in [1.165, 1.54) is 0 Å². The molecule has 1 amide bonds. The van der Waals surface area contributed by atoms with Crippen molar-refractivity contribution in [2.24, 2.45) is 11.7 Å². The molecule has 0 bridgehead atoms. The molecule has 0 aliphatic carbocycles. The minimum absolute atomic E-state index is 0.0365. The van der Waals surface area contributed by atoms with Crippen molar-refractivity contribution in [3.63, 3.8) is 0 Å². The highest BCUT2D eigenvalue weighted by molar-refractivity contribution is 5.85. The van der Waals surface area contributed by atoms with Crippen molar-refractivity contribution >= 4 is 16.8 Å². The number of rotatable bonds is 6. The Bertz CT molecular complexity index is 1130. The standard InChI is InChI=1S/C23H29N5O2/c1-15-11-16(2)20-18(12-15)13-19(23(30)26-20)22-25-6-10-28(22)9-4-8-27-7-3-5-17(14-27)21(24)29/h6,10-13,17H,3-5,7-9,14H2,1-2H3,(H2,24,29)(H,26,30). The molecule has 7 nitrogen and oxygen atoms in total. The lowest BCUT2D eigenvalue weighted by Gasteiger charge is -2.31. The molecular weight excluding hydrogens is 378 g/mol. The van der Waals surface area contributed by atoms with Gasteiger partial charge in [-0.25, -0.2) is 4.98 Å². The van der Waals surface area contributed by atoms with Crippen molar-refractivity contribution in [1.29, 1.82) is 0 Å². The van der Waals surface area contributed by atoms with E-state index in [2.05, 4.69) is 33.9 Å². The van der Waals surface area contributed by atoms with Crippen molar-refractivity contribution in [3.05, 3.63) is 52.1 Å². The van der Waals surface area contributed by atoms with Crippen molar-refractivity contribution in [1.82, 2.24) is 19.4 Å². The number of nitrogens with two attached hydrogens (primary N) is 1. The number of amides is 1. The lowest BCUT2D eigenvalue weighted by atomic mass is 9.97. The summed E-state index contributed by atoms with van der Waals surface area (Å²) in [5.41, 5.74) is 9.05. The van der Waals surface area contributed by atoms with Crippen molar-refractivity contribution < 1.29 is 4.79 Å². The van der Waals surface area contributed by atoms with Crippen molar-refractivity contribution in [2.75, 3.05) is 19.6 Å². The Morgan fingerprint density at radius 3 is 2.90 bits per heavy atom. The van der Waals surface area contributed by atoms with E-state index in [1.807, 2.05) is 23.8 Å². The molecule has 2 aromatic heterocycles. The van der Waals surface area contributed by atoms with Gasteiger partial charge < -0.3 is 20.2 Å². The third-order valence-corrected chi connectivity index (χ3v) is 6.03. The fraction of sp³-hybridized carbons (Fsp3) is 0.435. The van der Waals surface area contributed by atoms with Gasteiger partial charge in [-0.3, -0.25) is 9.59 Å². The van der Waals surface area contributed by atoms with Crippen LogP contribution in [0.2, 0.25) is 0 Å². The molecule has 1 aliphatic rings.